The zero-order chi connectivity index (χ0) is 23.0. The van der Waals surface area contributed by atoms with Crippen molar-refractivity contribution in [2.24, 2.45) is 0 Å². The Hall–Kier alpha value is -2.87. The van der Waals surface area contributed by atoms with Gasteiger partial charge in [0.05, 0.1) is 23.3 Å². The third-order valence-electron chi connectivity index (χ3n) is 4.79. The minimum absolute atomic E-state index is 0. The molecule has 4 aromatic rings. The number of nitrogens with zero attached hydrogens (tertiary/aromatic N) is 2. The van der Waals surface area contributed by atoms with Gasteiger partial charge in [-0.2, -0.15) is 0 Å². The summed E-state index contributed by atoms with van der Waals surface area (Å²) in [6, 6.07) is 13.0. The van der Waals surface area contributed by atoms with Crippen molar-refractivity contribution in [3.8, 4) is 0 Å². The first-order chi connectivity index (χ1) is 15.0. The molecule has 0 spiro atoms. The van der Waals surface area contributed by atoms with Crippen LogP contribution >= 0.6 is 0 Å². The summed E-state index contributed by atoms with van der Waals surface area (Å²) in [6.07, 6.45) is 2.34. The zero-order valence-electron chi connectivity index (χ0n) is 17.0. The normalized spacial score (nSPS) is 9.91. The van der Waals surface area contributed by atoms with Crippen LogP contribution in [0, 0.1) is 11.6 Å². The molecule has 32 heavy (non-hydrogen) atoms. The number of carbonyl (C=O) groups is 1. The molecule has 0 saturated heterocycles. The number of hydrogen-bond donors (Lipinski definition) is 1. The van der Waals surface area contributed by atoms with Crippen LogP contribution in [0.25, 0.3) is 11.0 Å². The van der Waals surface area contributed by atoms with Gasteiger partial charge in [0.15, 0.2) is 6.29 Å². The molecule has 175 valence electrons. The maximum absolute atomic E-state index is 13.3. The Labute approximate surface area is 192 Å². The van der Waals surface area contributed by atoms with Crippen LogP contribution in [0.1, 0.15) is 50.3 Å². The summed E-state index contributed by atoms with van der Waals surface area (Å²) in [6.45, 7) is 3.91. The zero-order valence-corrected chi connectivity index (χ0v) is 18.2. The van der Waals surface area contributed by atoms with Crippen LogP contribution in [-0.2, 0) is 41.9 Å². The Kier molecular flexibility index (Phi) is 10.9. The van der Waals surface area contributed by atoms with Crippen LogP contribution in [-0.4, -0.2) is 20.2 Å². The SMILES string of the molecule is C.CCc1ccc2c(F)ccc(C=O)n12.CCc1ccc2c(F)ccc(CO)n12.[2HH].[O]=[Mn]=[O]. The summed E-state index contributed by atoms with van der Waals surface area (Å²) in [4.78, 5) is 10.8. The number of pyridine rings is 2. The van der Waals surface area contributed by atoms with Gasteiger partial charge in [-0.1, -0.05) is 21.3 Å². The molecule has 0 aromatic carbocycles. The van der Waals surface area contributed by atoms with Gasteiger partial charge in [0.1, 0.15) is 11.6 Å². The maximum atomic E-state index is 13.3. The van der Waals surface area contributed by atoms with E-state index >= 15 is 0 Å². The topological polar surface area (TPSA) is 80.3 Å². The molecule has 0 bridgehead atoms. The van der Waals surface area contributed by atoms with E-state index in [9.17, 15) is 13.6 Å². The van der Waals surface area contributed by atoms with Crippen LogP contribution in [0.3, 0.4) is 0 Å². The molecule has 0 saturated carbocycles. The van der Waals surface area contributed by atoms with Crippen molar-refractivity contribution in [2.45, 2.75) is 40.7 Å². The number of halogens is 2. The first-order valence-corrected chi connectivity index (χ1v) is 10.5. The average molecular weight is 490 g/mol. The number of aliphatic hydroxyl groups is 1. The van der Waals surface area contributed by atoms with Gasteiger partial charge in [0, 0.05) is 18.5 Å². The van der Waals surface area contributed by atoms with Crippen LogP contribution in [0.15, 0.2) is 48.5 Å². The fourth-order valence-electron chi connectivity index (χ4n) is 3.39. The summed E-state index contributed by atoms with van der Waals surface area (Å²) in [5.41, 5.74) is 4.18. The number of aromatic nitrogens is 2. The first-order valence-electron chi connectivity index (χ1n) is 9.49. The van der Waals surface area contributed by atoms with Gasteiger partial charge in [-0.05, 0) is 61.4 Å². The van der Waals surface area contributed by atoms with Gasteiger partial charge >= 0.3 is 22.5 Å². The molecule has 9 heteroatoms. The third-order valence-corrected chi connectivity index (χ3v) is 4.79. The summed E-state index contributed by atoms with van der Waals surface area (Å²) >= 11 is -1.44. The molecular formula is C23H28F2MnN2O4. The van der Waals surface area contributed by atoms with Gasteiger partial charge in [0.25, 0.3) is 0 Å². The van der Waals surface area contributed by atoms with Gasteiger partial charge in [-0.3, -0.25) is 4.79 Å². The summed E-state index contributed by atoms with van der Waals surface area (Å²) in [5, 5.41) is 9.12. The number of rotatable bonds is 4. The monoisotopic (exact) mass is 490 g/mol. The van der Waals surface area contributed by atoms with E-state index in [0.717, 1.165) is 36.2 Å². The molecule has 0 aliphatic carbocycles. The summed E-state index contributed by atoms with van der Waals surface area (Å²) < 4.78 is 46.9. The Morgan fingerprint density at radius 3 is 1.75 bits per heavy atom. The van der Waals surface area contributed by atoms with Gasteiger partial charge in [0.2, 0.25) is 0 Å². The number of fused-ring (bicyclic) bond motifs is 2. The quantitative estimate of drug-likeness (QED) is 0.314. The van der Waals surface area contributed by atoms with Crippen molar-refractivity contribution >= 4 is 17.3 Å². The summed E-state index contributed by atoms with van der Waals surface area (Å²) in [7, 11) is 0. The molecule has 0 aliphatic heterocycles. The summed E-state index contributed by atoms with van der Waals surface area (Å²) in [5.74, 6) is -0.544. The van der Waals surface area contributed by atoms with Gasteiger partial charge in [-0.15, -0.1) is 0 Å². The predicted octanol–water partition coefficient (Wildman–Crippen LogP) is 5.23. The van der Waals surface area contributed by atoms with Crippen molar-refractivity contribution in [1.29, 1.82) is 0 Å². The molecule has 4 heterocycles. The Morgan fingerprint density at radius 2 is 1.28 bits per heavy atom. The fourth-order valence-corrected chi connectivity index (χ4v) is 3.39. The van der Waals surface area contributed by atoms with E-state index in [0.29, 0.717) is 16.7 Å². The first kappa shape index (κ1) is 27.2. The van der Waals surface area contributed by atoms with Gasteiger partial charge < -0.3 is 13.9 Å². The number of aldehydes is 1. The van der Waals surface area contributed by atoms with E-state index in [-0.39, 0.29) is 27.1 Å². The van der Waals surface area contributed by atoms with E-state index in [4.69, 9.17) is 12.8 Å². The molecule has 6 nitrogen and oxygen atoms in total. The second-order valence-electron chi connectivity index (χ2n) is 6.42. The second kappa shape index (κ2) is 12.9. The van der Waals surface area contributed by atoms with E-state index in [1.165, 1.54) is 18.2 Å². The molecule has 0 fully saturated rings. The average Bonchev–Trinajstić information content (AvgIpc) is 3.41. The van der Waals surface area contributed by atoms with Gasteiger partial charge in [-0.25, -0.2) is 8.78 Å². The van der Waals surface area contributed by atoms with Crippen molar-refractivity contribution < 1.29 is 42.6 Å². The predicted molar refractivity (Wildman–Crippen MR) is 115 cm³/mol. The molecule has 0 atom stereocenters. The standard InChI is InChI=1S/C11H12FNO.C11H10FNO.CH4.Mn.2O.H2/c2*1-2-8-4-6-11-10(12)5-3-9(7-14)13(8)11;;;;;/h3-6,14H,2,7H2,1H3;3-7H,2H2,1H3;1H4;;;;1H/i;;;;;;1+1. The van der Waals surface area contributed by atoms with Crippen LogP contribution in [0.2, 0.25) is 0 Å². The molecule has 0 amide bonds. The molecule has 4 rings (SSSR count). The molecule has 4 aromatic heterocycles. The number of aliphatic hydroxyl groups excluding tert-OH is 1. The Morgan fingerprint density at radius 1 is 0.844 bits per heavy atom. The van der Waals surface area contributed by atoms with Crippen LogP contribution < -0.4 is 0 Å². The van der Waals surface area contributed by atoms with Crippen LogP contribution in [0.4, 0.5) is 8.78 Å². The van der Waals surface area contributed by atoms with E-state index in [1.807, 2.05) is 26.0 Å². The third kappa shape index (κ3) is 5.68. The molecule has 0 radical (unpaired) electrons. The fraction of sp³-hybridized carbons (Fsp3) is 0.261. The minimum atomic E-state index is -1.44. The van der Waals surface area contributed by atoms with Crippen molar-refractivity contribution in [1.82, 2.24) is 8.80 Å². The molecule has 1 N–H and O–H groups in total. The number of aryl methyl sites for hydroxylation is 2. The molecular weight excluding hydrogens is 461 g/mol. The van der Waals surface area contributed by atoms with E-state index in [2.05, 4.69) is 0 Å². The van der Waals surface area contributed by atoms with E-state index in [1.54, 1.807) is 27.0 Å². The van der Waals surface area contributed by atoms with Crippen molar-refractivity contribution in [3.63, 3.8) is 0 Å². The number of carbonyl (C=O) groups excluding carboxylic acids is 1. The van der Waals surface area contributed by atoms with Crippen LogP contribution in [0.5, 0.6) is 0 Å². The Bertz CT molecular complexity index is 1230. The number of hydrogen-bond acceptors (Lipinski definition) is 4. The second-order valence-corrected chi connectivity index (χ2v) is 6.61. The molecule has 0 aliphatic rings. The van der Waals surface area contributed by atoms with Crippen molar-refractivity contribution in [2.75, 3.05) is 0 Å². The molecule has 0 unspecified atom stereocenters. The van der Waals surface area contributed by atoms with Crippen molar-refractivity contribution in [3.05, 3.63) is 82.9 Å². The van der Waals surface area contributed by atoms with E-state index < -0.39 is 14.8 Å². The Balaban J connectivity index is 0.000000527.